The summed E-state index contributed by atoms with van der Waals surface area (Å²) < 4.78 is 12.0. The lowest BCUT2D eigenvalue weighted by molar-refractivity contribution is 0.0951. The summed E-state index contributed by atoms with van der Waals surface area (Å²) in [5.74, 6) is 1.64. The van der Waals surface area contributed by atoms with Crippen LogP contribution in [0.3, 0.4) is 0 Å². The van der Waals surface area contributed by atoms with E-state index in [1.165, 1.54) is 6.33 Å². The SMILES string of the molecule is COc1ccc(Oc2cc(-c3cccc(C(=O)NCc4ccc(Br)cc4)c3)ncn2)cc1. The molecule has 6 nitrogen and oxygen atoms in total. The zero-order valence-corrected chi connectivity index (χ0v) is 18.9. The largest absolute Gasteiger partial charge is 0.497 e. The minimum absolute atomic E-state index is 0.154. The molecule has 1 aromatic heterocycles. The van der Waals surface area contributed by atoms with Gasteiger partial charge in [0, 0.05) is 28.2 Å². The van der Waals surface area contributed by atoms with Gasteiger partial charge in [-0.25, -0.2) is 9.97 Å². The van der Waals surface area contributed by atoms with E-state index in [0.717, 1.165) is 21.3 Å². The van der Waals surface area contributed by atoms with Gasteiger partial charge in [0.05, 0.1) is 12.8 Å². The Kier molecular flexibility index (Phi) is 6.77. The van der Waals surface area contributed by atoms with E-state index in [0.29, 0.717) is 29.4 Å². The van der Waals surface area contributed by atoms with Crippen molar-refractivity contribution in [1.29, 1.82) is 0 Å². The molecule has 4 aromatic rings. The highest BCUT2D eigenvalue weighted by Gasteiger charge is 2.09. The van der Waals surface area contributed by atoms with Crippen LogP contribution in [-0.2, 0) is 6.54 Å². The van der Waals surface area contributed by atoms with Gasteiger partial charge in [-0.2, -0.15) is 0 Å². The van der Waals surface area contributed by atoms with Gasteiger partial charge in [0.1, 0.15) is 17.8 Å². The highest BCUT2D eigenvalue weighted by molar-refractivity contribution is 9.10. The highest BCUT2D eigenvalue weighted by atomic mass is 79.9. The molecule has 0 spiro atoms. The summed E-state index contributed by atoms with van der Waals surface area (Å²) in [6.07, 6.45) is 1.44. The van der Waals surface area contributed by atoms with Crippen molar-refractivity contribution < 1.29 is 14.3 Å². The number of carbonyl (C=O) groups is 1. The molecule has 7 heteroatoms. The van der Waals surface area contributed by atoms with Crippen LogP contribution in [0.5, 0.6) is 17.4 Å². The van der Waals surface area contributed by atoms with E-state index in [2.05, 4.69) is 31.2 Å². The Labute approximate surface area is 194 Å². The molecule has 0 aliphatic rings. The molecular formula is C25H20BrN3O3. The minimum atomic E-state index is -0.154. The van der Waals surface area contributed by atoms with Crippen molar-refractivity contribution in [3.05, 3.63) is 101 Å². The van der Waals surface area contributed by atoms with Gasteiger partial charge in [-0.3, -0.25) is 4.79 Å². The topological polar surface area (TPSA) is 73.3 Å². The predicted octanol–water partition coefficient (Wildman–Crippen LogP) is 5.64. The Balaban J connectivity index is 1.46. The smallest absolute Gasteiger partial charge is 0.251 e. The normalized spacial score (nSPS) is 10.4. The summed E-state index contributed by atoms with van der Waals surface area (Å²) in [5, 5.41) is 2.94. The molecule has 32 heavy (non-hydrogen) atoms. The van der Waals surface area contributed by atoms with E-state index in [9.17, 15) is 4.79 Å². The third-order valence-corrected chi connectivity index (χ3v) is 5.24. The van der Waals surface area contributed by atoms with Crippen molar-refractivity contribution in [1.82, 2.24) is 15.3 Å². The number of rotatable bonds is 7. The van der Waals surface area contributed by atoms with Crippen LogP contribution >= 0.6 is 15.9 Å². The first-order valence-electron chi connectivity index (χ1n) is 9.88. The van der Waals surface area contributed by atoms with Crippen LogP contribution in [0.4, 0.5) is 0 Å². The molecule has 3 aromatic carbocycles. The van der Waals surface area contributed by atoms with Gasteiger partial charge < -0.3 is 14.8 Å². The van der Waals surface area contributed by atoms with Crippen LogP contribution in [0.2, 0.25) is 0 Å². The maximum atomic E-state index is 12.6. The lowest BCUT2D eigenvalue weighted by Gasteiger charge is -2.09. The Morgan fingerprint density at radius 3 is 2.44 bits per heavy atom. The number of hydrogen-bond donors (Lipinski definition) is 1. The maximum absolute atomic E-state index is 12.6. The third-order valence-electron chi connectivity index (χ3n) is 4.71. The number of methoxy groups -OCH3 is 1. The summed E-state index contributed by atoms with van der Waals surface area (Å²) in [6.45, 7) is 0.448. The molecule has 0 atom stereocenters. The Bertz CT molecular complexity index is 1210. The molecule has 0 bridgehead atoms. The fourth-order valence-corrected chi connectivity index (χ4v) is 3.29. The second-order valence-corrected chi connectivity index (χ2v) is 7.82. The predicted molar refractivity (Wildman–Crippen MR) is 126 cm³/mol. The van der Waals surface area contributed by atoms with Crippen molar-refractivity contribution >= 4 is 21.8 Å². The molecule has 0 fully saturated rings. The lowest BCUT2D eigenvalue weighted by atomic mass is 10.1. The van der Waals surface area contributed by atoms with Crippen LogP contribution < -0.4 is 14.8 Å². The van der Waals surface area contributed by atoms with Crippen molar-refractivity contribution in [2.45, 2.75) is 6.54 Å². The maximum Gasteiger partial charge on any atom is 0.251 e. The Morgan fingerprint density at radius 1 is 0.938 bits per heavy atom. The molecular weight excluding hydrogens is 470 g/mol. The molecule has 0 aliphatic carbocycles. The average Bonchev–Trinajstić information content (AvgIpc) is 2.84. The van der Waals surface area contributed by atoms with E-state index >= 15 is 0 Å². The summed E-state index contributed by atoms with van der Waals surface area (Å²) in [5.41, 5.74) is 3.03. The molecule has 0 saturated carbocycles. The third kappa shape index (κ3) is 5.50. The fraction of sp³-hybridized carbons (Fsp3) is 0.0800. The van der Waals surface area contributed by atoms with Gasteiger partial charge in [0.2, 0.25) is 5.88 Å². The van der Waals surface area contributed by atoms with E-state index in [4.69, 9.17) is 9.47 Å². The first kappa shape index (κ1) is 21.5. The number of benzene rings is 3. The first-order chi connectivity index (χ1) is 15.6. The fourth-order valence-electron chi connectivity index (χ4n) is 3.02. The molecule has 1 N–H and O–H groups in total. The Morgan fingerprint density at radius 2 is 1.69 bits per heavy atom. The van der Waals surface area contributed by atoms with Gasteiger partial charge in [-0.05, 0) is 54.1 Å². The van der Waals surface area contributed by atoms with Gasteiger partial charge in [0.25, 0.3) is 5.91 Å². The van der Waals surface area contributed by atoms with E-state index in [-0.39, 0.29) is 5.91 Å². The second kappa shape index (κ2) is 10.1. The van der Waals surface area contributed by atoms with Crippen LogP contribution in [0.25, 0.3) is 11.3 Å². The monoisotopic (exact) mass is 489 g/mol. The first-order valence-corrected chi connectivity index (χ1v) is 10.7. The number of amides is 1. The van der Waals surface area contributed by atoms with Crippen molar-refractivity contribution in [2.24, 2.45) is 0 Å². The number of ether oxygens (including phenoxy) is 2. The number of nitrogens with one attached hydrogen (secondary N) is 1. The van der Waals surface area contributed by atoms with Crippen LogP contribution in [0.15, 0.2) is 89.7 Å². The average molecular weight is 490 g/mol. The van der Waals surface area contributed by atoms with Gasteiger partial charge in [-0.15, -0.1) is 0 Å². The van der Waals surface area contributed by atoms with Crippen molar-refractivity contribution in [3.8, 4) is 28.6 Å². The minimum Gasteiger partial charge on any atom is -0.497 e. The standard InChI is InChI=1S/C25H20BrN3O3/c1-31-21-9-11-22(12-10-21)32-24-14-23(28-16-29-24)18-3-2-4-19(13-18)25(30)27-15-17-5-7-20(26)8-6-17/h2-14,16H,15H2,1H3,(H,27,30). The van der Waals surface area contributed by atoms with E-state index < -0.39 is 0 Å². The number of nitrogens with zero attached hydrogens (tertiary/aromatic N) is 2. The molecule has 1 heterocycles. The molecule has 0 saturated heterocycles. The second-order valence-electron chi connectivity index (χ2n) is 6.91. The zero-order chi connectivity index (χ0) is 22.3. The van der Waals surface area contributed by atoms with E-state index in [1.54, 1.807) is 37.4 Å². The van der Waals surface area contributed by atoms with Crippen LogP contribution in [-0.4, -0.2) is 23.0 Å². The summed E-state index contributed by atoms with van der Waals surface area (Å²) in [6, 6.07) is 24.1. The highest BCUT2D eigenvalue weighted by Crippen LogP contribution is 2.26. The molecule has 0 aliphatic heterocycles. The van der Waals surface area contributed by atoms with Gasteiger partial charge >= 0.3 is 0 Å². The molecule has 160 valence electrons. The number of aromatic nitrogens is 2. The molecule has 0 radical (unpaired) electrons. The molecule has 1 amide bonds. The quantitative estimate of drug-likeness (QED) is 0.363. The van der Waals surface area contributed by atoms with E-state index in [1.807, 2.05) is 48.5 Å². The number of halogens is 1. The molecule has 0 unspecified atom stereocenters. The van der Waals surface area contributed by atoms with Crippen LogP contribution in [0, 0.1) is 0 Å². The van der Waals surface area contributed by atoms with Gasteiger partial charge in [0.15, 0.2) is 0 Å². The lowest BCUT2D eigenvalue weighted by Crippen LogP contribution is -2.22. The van der Waals surface area contributed by atoms with Gasteiger partial charge in [-0.1, -0.05) is 40.2 Å². The Hall–Kier alpha value is -3.71. The summed E-state index contributed by atoms with van der Waals surface area (Å²) >= 11 is 3.41. The van der Waals surface area contributed by atoms with Crippen LogP contribution in [0.1, 0.15) is 15.9 Å². The van der Waals surface area contributed by atoms with Crippen molar-refractivity contribution in [3.63, 3.8) is 0 Å². The summed E-state index contributed by atoms with van der Waals surface area (Å²) in [4.78, 5) is 21.2. The summed E-state index contributed by atoms with van der Waals surface area (Å²) in [7, 11) is 1.61. The number of carbonyl (C=O) groups excluding carboxylic acids is 1. The van der Waals surface area contributed by atoms with Crippen molar-refractivity contribution in [2.75, 3.05) is 7.11 Å². The molecule has 4 rings (SSSR count). The zero-order valence-electron chi connectivity index (χ0n) is 17.3. The number of hydrogen-bond acceptors (Lipinski definition) is 5.